The van der Waals surface area contributed by atoms with Crippen molar-refractivity contribution >= 4 is 194 Å². The van der Waals surface area contributed by atoms with Crippen molar-refractivity contribution in [2.45, 2.75) is 379 Å². The van der Waals surface area contributed by atoms with Crippen molar-refractivity contribution < 1.29 is 90.5 Å². The minimum Gasteiger partial charge on any atom is -0.459 e. The summed E-state index contributed by atoms with van der Waals surface area (Å²) in [6, 6.07) is 0. The minimum absolute atomic E-state index is 0.0113. The van der Waals surface area contributed by atoms with Gasteiger partial charge in [0.2, 0.25) is 0 Å². The number of nitrogens with zero attached hydrogens (tertiary/aromatic N) is 18. The van der Waals surface area contributed by atoms with Crippen LogP contribution in [0.3, 0.4) is 0 Å². The fourth-order valence-corrected chi connectivity index (χ4v) is 55.1. The van der Waals surface area contributed by atoms with Gasteiger partial charge < -0.3 is 101 Å². The lowest BCUT2D eigenvalue weighted by Gasteiger charge is -2.51. The van der Waals surface area contributed by atoms with Crippen molar-refractivity contribution in [2.75, 3.05) is 87.6 Å². The van der Waals surface area contributed by atoms with Crippen LogP contribution in [0.25, 0.3) is 44.1 Å². The monoisotopic (exact) mass is 2240 g/mol. The van der Waals surface area contributed by atoms with Gasteiger partial charge in [-0.25, -0.2) is 68.7 Å². The zero-order valence-corrected chi connectivity index (χ0v) is 100. The average Bonchev–Trinajstić information content (AvgIpc) is 1.60. The quantitative estimate of drug-likeness (QED) is 0.0123. The third-order valence-corrected chi connectivity index (χ3v) is 61.4. The van der Waals surface area contributed by atoms with Crippen molar-refractivity contribution in [1.29, 1.82) is 0 Å². The van der Waals surface area contributed by atoms with E-state index in [1.807, 2.05) is 71.2 Å². The van der Waals surface area contributed by atoms with E-state index in [1.54, 1.807) is 32.7 Å². The van der Waals surface area contributed by atoms with Crippen molar-refractivity contribution in [3.05, 3.63) is 44.0 Å². The maximum absolute atomic E-state index is 11.7. The number of anilines is 4. The number of aromatic nitrogens is 18. The van der Waals surface area contributed by atoms with Crippen LogP contribution in [0.5, 0.6) is 0 Å². The number of aliphatic hydroxyl groups excluding tert-OH is 2. The van der Waals surface area contributed by atoms with Crippen LogP contribution in [0.1, 0.15) is 237 Å². The molecule has 43 nitrogen and oxygen atoms in total. The van der Waals surface area contributed by atoms with Crippen molar-refractivity contribution in [2.24, 2.45) is 5.14 Å². The largest absolute Gasteiger partial charge is 0.459 e. The third-order valence-electron chi connectivity index (χ3n) is 27.6. The van der Waals surface area contributed by atoms with E-state index >= 15 is 0 Å². The molecule has 9 aromatic rings. The van der Waals surface area contributed by atoms with Gasteiger partial charge >= 0.3 is 61.7 Å². The number of thioether (sulfide) groups is 4. The third kappa shape index (κ3) is 25.3. The summed E-state index contributed by atoms with van der Waals surface area (Å²) in [6.45, 7) is 58.1. The predicted molar refractivity (Wildman–Crippen MR) is 582 cm³/mol. The topological polar surface area (TPSA) is 556 Å². The maximum atomic E-state index is 11.7. The number of imidazole rings is 1. The molecule has 0 radical (unpaired) electrons. The normalized spacial score (nSPS) is 24.3. The number of ether oxygens (including phenoxy) is 6. The number of fused-ring (bicyclic) bond motifs is 6. The van der Waals surface area contributed by atoms with Gasteiger partial charge in [-0.3, -0.25) is 8.75 Å². The van der Waals surface area contributed by atoms with E-state index < -0.39 is 123 Å². The van der Waals surface area contributed by atoms with Gasteiger partial charge in [-0.05, 0) is 117 Å². The first kappa shape index (κ1) is 120. The van der Waals surface area contributed by atoms with Gasteiger partial charge in [0.15, 0.2) is 53.6 Å². The Hall–Kier alpha value is -5.57. The summed E-state index contributed by atoms with van der Waals surface area (Å²) in [5.74, 6) is 1.44. The number of thiocarbonyl (C=S) groups is 1. The summed E-state index contributed by atoms with van der Waals surface area (Å²) in [5, 5.41) is 49.7. The number of nitrogens with two attached hydrogens (primary N) is 5. The predicted octanol–water partition coefficient (Wildman–Crippen LogP) is 15.9. The molecule has 0 bridgehead atoms. The van der Waals surface area contributed by atoms with E-state index in [4.69, 9.17) is 118 Å². The van der Waals surface area contributed by atoms with E-state index in [-0.39, 0.29) is 105 Å². The number of rotatable bonds is 29. The number of hydrogen-bond donors (Lipinski definition) is 8. The number of aliphatic hydroxyl groups is 2. The lowest BCUT2D eigenvalue weighted by molar-refractivity contribution is -0.0610. The molecule has 7 aliphatic heterocycles. The highest BCUT2D eigenvalue weighted by Gasteiger charge is 2.65. The Kier molecular flexibility index (Phi) is 41.7. The highest BCUT2D eigenvalue weighted by Crippen LogP contribution is 2.54. The molecule has 0 aliphatic carbocycles. The van der Waals surface area contributed by atoms with Gasteiger partial charge in [0.05, 0.1) is 66.3 Å². The summed E-state index contributed by atoms with van der Waals surface area (Å²) in [6.07, 6.45) is 15.1. The summed E-state index contributed by atoms with van der Waals surface area (Å²) in [7, 11) is -21.3. The van der Waals surface area contributed by atoms with Gasteiger partial charge in [-0.2, -0.15) is 28.8 Å². The molecular weight excluding hydrogens is 2080 g/mol. The minimum atomic E-state index is -4.11. The Bertz CT molecular complexity index is 5790. The van der Waals surface area contributed by atoms with Gasteiger partial charge in [-0.15, -0.1) is 47.0 Å². The lowest BCUT2D eigenvalue weighted by Crippen LogP contribution is -2.66. The molecule has 0 amide bonds. The van der Waals surface area contributed by atoms with E-state index in [9.17, 15) is 23.4 Å². The summed E-state index contributed by atoms with van der Waals surface area (Å²) < 4.78 is 128. The van der Waals surface area contributed by atoms with E-state index in [1.165, 1.54) is 89.9 Å². The molecule has 0 spiro atoms. The fraction of sp³-hybridized carbons (Fsp3) is 0.733. The van der Waals surface area contributed by atoms with E-state index in [2.05, 4.69) is 193 Å². The molecule has 7 saturated heterocycles. The molecule has 7 aliphatic rings. The summed E-state index contributed by atoms with van der Waals surface area (Å²) >= 11 is 11.6. The lowest BCUT2D eigenvalue weighted by atomic mass is 10.1. The smallest absolute Gasteiger partial charge is 0.335 e. The van der Waals surface area contributed by atoms with Gasteiger partial charge in [0, 0.05) is 44.9 Å². The van der Waals surface area contributed by atoms with Crippen molar-refractivity contribution in [3.8, 4) is 0 Å². The van der Waals surface area contributed by atoms with Gasteiger partial charge in [-0.1, -0.05) is 180 Å². The molecule has 13 N–H and O–H groups in total. The zero-order chi connectivity index (χ0) is 107. The molecule has 16 heterocycles. The molecule has 0 aromatic carbocycles. The summed E-state index contributed by atoms with van der Waals surface area (Å²) in [5.41, 5.74) is 28.7. The highest BCUT2D eigenvalue weighted by molar-refractivity contribution is 7.99. The van der Waals surface area contributed by atoms with Crippen LogP contribution < -0.4 is 28.1 Å². The van der Waals surface area contributed by atoms with Crippen LogP contribution in [0, 0.1) is 0 Å². The second-order valence-corrected chi connectivity index (χ2v) is 71.6. The molecule has 812 valence electrons. The standard InChI is InChI=1S/C27H43N7O5S2Si2.C23H43N5O5SSi2.C23H41N5O4SSi2.C11H16N6O5S2.C4H8O.C2H6/c1-15(2)42(16(3)4)35-12-19-21(38-43(39-42,17(5)6)18(7)8)22(37-27(40)33-11-10-29-14-33)26(36-19)34-24-20(25(32-34)41-9)23(28)30-13-31-24;1-13(2)35(30,14(3)4)33-36(15(5)6,16(7)8)32-17-10-19(31-18(17)11-29)28-22-20(23(27-28)34-9)21(24)25-12-26-22;1-13(2)34(14(3)4)29-11-18-17(31-35(32-34,15(5)6)16(7)8)10-19(30-18)28-22-20(23(27-28)33-9)21(24)25-12-26-22;1-23-11-8-9(12)14-4-15-10(8)17(16-11)7-2-5(18)6(22-7)3-21-24(13,19)20;1-2-4-5-3-1;1-2/h10-11,13-19,21-22,26H,12H2,1-9H3,(H2,28,30,31);12-19,29-30H,10-11H2,1-9H3,(H2,24,25,26);12-19H,10-11H2,1-9H3,(H2,24,25,26);4-7,18H,2-3H2,1H3,(H2,12,14,15)(H2,13,19,20);1-4H2;1-2H3/t19-,21+,22+,26+;2*17-,18-,19+;5-,6-,7+;;/m0000../s1. The fourth-order valence-electron chi connectivity index (χ4n) is 19.9. The van der Waals surface area contributed by atoms with Crippen LogP contribution in [-0.4, -0.2) is 288 Å². The van der Waals surface area contributed by atoms with Crippen LogP contribution in [0.15, 0.2) is 64.1 Å². The van der Waals surface area contributed by atoms with E-state index in [0.717, 1.165) is 28.7 Å². The molecule has 0 saturated carbocycles. The maximum Gasteiger partial charge on any atom is 0.335 e. The molecule has 0 unspecified atom stereocenters. The van der Waals surface area contributed by atoms with Crippen LogP contribution in [0.4, 0.5) is 23.3 Å². The van der Waals surface area contributed by atoms with Crippen LogP contribution in [-0.2, 0) is 77.4 Å². The first-order valence-electron chi connectivity index (χ1n) is 50.0. The number of hydrogen-bond acceptors (Lipinski definition) is 42. The summed E-state index contributed by atoms with van der Waals surface area (Å²) in [4.78, 5) is 50.0. The molecule has 9 aromatic heterocycles. The Morgan fingerprint density at radius 2 is 0.897 bits per heavy atom. The molecule has 13 atom stereocenters. The second kappa shape index (κ2) is 50.5. The second-order valence-electron chi connectivity index (χ2n) is 40.5. The Morgan fingerprint density at radius 1 is 0.510 bits per heavy atom. The highest BCUT2D eigenvalue weighted by atomic mass is 32.2. The van der Waals surface area contributed by atoms with Gasteiger partial charge in [0.25, 0.3) is 5.17 Å². The van der Waals surface area contributed by atoms with Crippen molar-refractivity contribution in [3.63, 3.8) is 0 Å². The number of nitrogen functional groups attached to an aromatic ring is 4. The van der Waals surface area contributed by atoms with Crippen LogP contribution in [0.2, 0.25) is 66.5 Å². The average molecular weight is 2240 g/mol. The first-order valence-corrected chi connectivity index (χ1v) is 68.7. The van der Waals surface area contributed by atoms with Crippen LogP contribution >= 0.6 is 59.3 Å². The molecule has 55 heteroatoms. The SMILES string of the molecule is C1CCOC1.CC.CSc1nn([C@@H]2O[C@H]3CO[Si](C(C)C)(C(C)C)O[Si](C(C)C)(C(C)C)O[C@H]3[C@H]2OC(=S)n2ccnc2)c2ncnc(N)c12.CSc1nn([C@H]2C[C@@H]3O[Si](C(C)C)(C(C)C)O[Si](C(C)C)(C(C)C)OC[C@@H]3O2)c2ncnc(N)c12.CSc1nn([C@H]2C[C@H](O)[C@H](COS(N)(=O)=O)O2)c2ncnc(N)c12.CSc1nn([C@H]2C[C@H](O[Si](O[Si](O)(C(C)C)C(C)C)(C(C)C)C(C)C)[C@H](CO)O2)c2ncnc(N)c12. The Morgan fingerprint density at radius 3 is 1.26 bits per heavy atom. The zero-order valence-electron chi connectivity index (χ0n) is 89.4. The Balaban J connectivity index is 0.000000182. The Labute approximate surface area is 881 Å². The molecular formula is C90H157N23O20S6Si6. The molecule has 16 rings (SSSR count). The van der Waals surface area contributed by atoms with E-state index in [0.29, 0.717) is 103 Å². The molecule has 7 fully saturated rings. The first-order chi connectivity index (χ1) is 68.4. The van der Waals surface area contributed by atoms with Crippen molar-refractivity contribution in [1.82, 2.24) is 88.5 Å². The molecule has 145 heavy (non-hydrogen) atoms. The van der Waals surface area contributed by atoms with Gasteiger partial charge in [0.1, 0.15) is 106 Å².